The van der Waals surface area contributed by atoms with Gasteiger partial charge in [0.05, 0.1) is 11.9 Å². The molecule has 0 aromatic carbocycles. The fourth-order valence-corrected chi connectivity index (χ4v) is 0.607. The lowest BCUT2D eigenvalue weighted by Crippen LogP contribution is -1.92. The van der Waals surface area contributed by atoms with Crippen LogP contribution in [-0.2, 0) is 9.63 Å². The maximum absolute atomic E-state index is 10.3. The number of hydrogen-bond acceptors (Lipinski definition) is 4. The summed E-state index contributed by atoms with van der Waals surface area (Å²) in [5.41, 5.74) is 0.652. The summed E-state index contributed by atoms with van der Waals surface area (Å²) in [6, 6.07) is 5.37. The SMILES string of the molecule is CC(=O)O/N=C/c1ccccn1. The number of aromatic nitrogens is 1. The normalized spacial score (nSPS) is 10.1. The highest BCUT2D eigenvalue weighted by molar-refractivity contribution is 5.77. The Labute approximate surface area is 69.9 Å². The van der Waals surface area contributed by atoms with Crippen molar-refractivity contribution in [1.29, 1.82) is 0 Å². The van der Waals surface area contributed by atoms with Gasteiger partial charge in [0.25, 0.3) is 0 Å². The third-order valence-corrected chi connectivity index (χ3v) is 1.05. The predicted octanol–water partition coefficient (Wildman–Crippen LogP) is 0.979. The van der Waals surface area contributed by atoms with Crippen molar-refractivity contribution in [2.24, 2.45) is 5.16 Å². The lowest BCUT2D eigenvalue weighted by atomic mass is 10.4. The number of pyridine rings is 1. The van der Waals surface area contributed by atoms with Crippen molar-refractivity contribution in [3.63, 3.8) is 0 Å². The Morgan fingerprint density at radius 1 is 1.67 bits per heavy atom. The van der Waals surface area contributed by atoms with Gasteiger partial charge in [-0.1, -0.05) is 11.2 Å². The maximum atomic E-state index is 10.3. The molecule has 0 N–H and O–H groups in total. The van der Waals surface area contributed by atoms with Gasteiger partial charge in [-0.05, 0) is 12.1 Å². The maximum Gasteiger partial charge on any atom is 0.331 e. The van der Waals surface area contributed by atoms with Gasteiger partial charge in [-0.15, -0.1) is 0 Å². The van der Waals surface area contributed by atoms with Crippen LogP contribution in [0.4, 0.5) is 0 Å². The van der Waals surface area contributed by atoms with E-state index >= 15 is 0 Å². The molecule has 4 nitrogen and oxygen atoms in total. The van der Waals surface area contributed by atoms with E-state index < -0.39 is 5.97 Å². The van der Waals surface area contributed by atoms with Crippen LogP contribution in [0.5, 0.6) is 0 Å². The van der Waals surface area contributed by atoms with Gasteiger partial charge in [-0.2, -0.15) is 0 Å². The van der Waals surface area contributed by atoms with Crippen molar-refractivity contribution in [3.8, 4) is 0 Å². The summed E-state index contributed by atoms with van der Waals surface area (Å²) in [7, 11) is 0. The molecule has 0 aliphatic rings. The summed E-state index contributed by atoms with van der Waals surface area (Å²) < 4.78 is 0. The molecule has 0 saturated carbocycles. The second-order valence-corrected chi connectivity index (χ2v) is 2.07. The highest BCUT2D eigenvalue weighted by Crippen LogP contribution is 1.88. The van der Waals surface area contributed by atoms with Gasteiger partial charge in [-0.25, -0.2) is 4.79 Å². The van der Waals surface area contributed by atoms with Crippen molar-refractivity contribution >= 4 is 12.2 Å². The molecule has 1 aromatic heterocycles. The first-order valence-electron chi connectivity index (χ1n) is 3.41. The van der Waals surface area contributed by atoms with Crippen LogP contribution in [0.3, 0.4) is 0 Å². The van der Waals surface area contributed by atoms with Crippen LogP contribution in [0.15, 0.2) is 29.6 Å². The zero-order chi connectivity index (χ0) is 8.81. The predicted molar refractivity (Wildman–Crippen MR) is 43.6 cm³/mol. The quantitative estimate of drug-likeness (QED) is 0.372. The molecule has 0 saturated heterocycles. The van der Waals surface area contributed by atoms with Crippen LogP contribution in [0, 0.1) is 0 Å². The molecule has 0 unspecified atom stereocenters. The summed E-state index contributed by atoms with van der Waals surface area (Å²) in [5, 5.41) is 3.40. The number of carbonyl (C=O) groups is 1. The molecule has 62 valence electrons. The molecule has 1 heterocycles. The Hall–Kier alpha value is -1.71. The molecule has 0 aliphatic carbocycles. The molecule has 12 heavy (non-hydrogen) atoms. The van der Waals surface area contributed by atoms with Crippen LogP contribution in [0.1, 0.15) is 12.6 Å². The van der Waals surface area contributed by atoms with Crippen molar-refractivity contribution in [1.82, 2.24) is 4.98 Å². The van der Waals surface area contributed by atoms with E-state index in [1.54, 1.807) is 18.3 Å². The summed E-state index contributed by atoms with van der Waals surface area (Å²) in [6.45, 7) is 1.29. The second-order valence-electron chi connectivity index (χ2n) is 2.07. The fourth-order valence-electron chi connectivity index (χ4n) is 0.607. The number of nitrogens with zero attached hydrogens (tertiary/aromatic N) is 2. The number of rotatable bonds is 2. The van der Waals surface area contributed by atoms with Crippen LogP contribution in [-0.4, -0.2) is 17.2 Å². The highest BCUT2D eigenvalue weighted by atomic mass is 16.7. The Morgan fingerprint density at radius 2 is 2.50 bits per heavy atom. The number of oxime groups is 1. The first kappa shape index (κ1) is 8.39. The molecule has 0 amide bonds. The van der Waals surface area contributed by atoms with Crippen molar-refractivity contribution in [3.05, 3.63) is 30.1 Å². The zero-order valence-electron chi connectivity index (χ0n) is 6.60. The van der Waals surface area contributed by atoms with Gasteiger partial charge >= 0.3 is 5.97 Å². The second kappa shape index (κ2) is 4.23. The van der Waals surface area contributed by atoms with E-state index in [4.69, 9.17) is 0 Å². The lowest BCUT2D eigenvalue weighted by Gasteiger charge is -1.89. The van der Waals surface area contributed by atoms with E-state index in [9.17, 15) is 4.79 Å². The van der Waals surface area contributed by atoms with Crippen LogP contribution in [0.2, 0.25) is 0 Å². The molecule has 1 rings (SSSR count). The molecular formula is C8H8N2O2. The summed E-state index contributed by atoms with van der Waals surface area (Å²) in [4.78, 5) is 18.5. The minimum atomic E-state index is -0.442. The van der Waals surface area contributed by atoms with Crippen LogP contribution < -0.4 is 0 Å². The van der Waals surface area contributed by atoms with Gasteiger partial charge in [0.1, 0.15) is 0 Å². The molecule has 0 spiro atoms. The van der Waals surface area contributed by atoms with Crippen molar-refractivity contribution < 1.29 is 9.63 Å². The zero-order valence-corrected chi connectivity index (χ0v) is 6.60. The molecule has 4 heteroatoms. The first-order valence-corrected chi connectivity index (χ1v) is 3.41. The van der Waals surface area contributed by atoms with Crippen molar-refractivity contribution in [2.75, 3.05) is 0 Å². The average molecular weight is 164 g/mol. The molecule has 0 bridgehead atoms. The largest absolute Gasteiger partial charge is 0.331 e. The third-order valence-electron chi connectivity index (χ3n) is 1.05. The summed E-state index contributed by atoms with van der Waals surface area (Å²) in [6.07, 6.45) is 3.01. The highest BCUT2D eigenvalue weighted by Gasteiger charge is 1.88. The van der Waals surface area contributed by atoms with E-state index in [-0.39, 0.29) is 0 Å². The van der Waals surface area contributed by atoms with E-state index in [0.717, 1.165) is 0 Å². The molecule has 1 aromatic rings. The van der Waals surface area contributed by atoms with Gasteiger partial charge in [0.15, 0.2) is 0 Å². The Balaban J connectivity index is 2.52. The topological polar surface area (TPSA) is 51.5 Å². The van der Waals surface area contributed by atoms with Gasteiger partial charge < -0.3 is 4.84 Å². The standard InChI is InChI=1S/C8H8N2O2/c1-7(11)12-10-6-8-4-2-3-5-9-8/h2-6H,1H3/b10-6+. The molecule has 0 aliphatic heterocycles. The van der Waals surface area contributed by atoms with E-state index in [1.807, 2.05) is 6.07 Å². The fraction of sp³-hybridized carbons (Fsp3) is 0.125. The Morgan fingerprint density at radius 3 is 3.08 bits per heavy atom. The number of carbonyl (C=O) groups excluding carboxylic acids is 1. The molecule has 0 radical (unpaired) electrons. The summed E-state index contributed by atoms with van der Waals surface area (Å²) in [5.74, 6) is -0.442. The minimum Gasteiger partial charge on any atom is -0.319 e. The van der Waals surface area contributed by atoms with Gasteiger partial charge in [-0.3, -0.25) is 4.98 Å². The minimum absolute atomic E-state index is 0.442. The van der Waals surface area contributed by atoms with E-state index in [1.165, 1.54) is 13.1 Å². The van der Waals surface area contributed by atoms with Crippen molar-refractivity contribution in [2.45, 2.75) is 6.92 Å². The molecule has 0 fully saturated rings. The average Bonchev–Trinajstić information content (AvgIpc) is 2.05. The van der Waals surface area contributed by atoms with E-state index in [0.29, 0.717) is 5.69 Å². The first-order chi connectivity index (χ1) is 5.79. The lowest BCUT2D eigenvalue weighted by molar-refractivity contribution is -0.140. The Kier molecular flexibility index (Phi) is 2.95. The third kappa shape index (κ3) is 2.92. The van der Waals surface area contributed by atoms with Gasteiger partial charge in [0, 0.05) is 13.1 Å². The Bertz CT molecular complexity index is 282. The molecular weight excluding hydrogens is 156 g/mol. The monoisotopic (exact) mass is 164 g/mol. The van der Waals surface area contributed by atoms with Crippen LogP contribution in [0.25, 0.3) is 0 Å². The molecule has 0 atom stereocenters. The van der Waals surface area contributed by atoms with E-state index in [2.05, 4.69) is 15.0 Å². The summed E-state index contributed by atoms with van der Waals surface area (Å²) >= 11 is 0. The van der Waals surface area contributed by atoms with Crippen LogP contribution >= 0.6 is 0 Å². The number of hydrogen-bond donors (Lipinski definition) is 0. The van der Waals surface area contributed by atoms with Gasteiger partial charge in [0.2, 0.25) is 0 Å². The smallest absolute Gasteiger partial charge is 0.319 e.